The van der Waals surface area contributed by atoms with Gasteiger partial charge in [0.25, 0.3) is 0 Å². The number of hydrogen-bond donors (Lipinski definition) is 1. The number of anilines is 1. The number of thioether (sulfide) groups is 1. The third kappa shape index (κ3) is 3.86. The second kappa shape index (κ2) is 5.48. The zero-order valence-corrected chi connectivity index (χ0v) is 14.3. The van der Waals surface area contributed by atoms with Crippen molar-refractivity contribution in [2.45, 2.75) is 13.8 Å². The molecule has 5 heteroatoms. The van der Waals surface area contributed by atoms with E-state index in [2.05, 4.69) is 80.9 Å². The number of rotatable bonds is 1. The topological polar surface area (TPSA) is 24.4 Å². The second-order valence-corrected chi connectivity index (χ2v) is 7.89. The number of hydrogen-bond acceptors (Lipinski definition) is 3. The van der Waals surface area contributed by atoms with E-state index in [1.807, 2.05) is 0 Å². The first-order valence-corrected chi connectivity index (χ1v) is 8.21. The summed E-state index contributed by atoms with van der Waals surface area (Å²) in [5.41, 5.74) is 1.40. The first kappa shape index (κ1) is 13.7. The SMILES string of the molecule is CC1(C)CN=C(Nc2ccc(I)cc2Br)SC1. The molecule has 0 amide bonds. The van der Waals surface area contributed by atoms with Gasteiger partial charge in [-0.05, 0) is 62.1 Å². The van der Waals surface area contributed by atoms with Crippen LogP contribution in [0.5, 0.6) is 0 Å². The molecule has 1 heterocycles. The molecule has 0 saturated heterocycles. The van der Waals surface area contributed by atoms with E-state index >= 15 is 0 Å². The van der Waals surface area contributed by atoms with Crippen molar-refractivity contribution in [2.75, 3.05) is 17.6 Å². The van der Waals surface area contributed by atoms with Crippen molar-refractivity contribution in [3.63, 3.8) is 0 Å². The van der Waals surface area contributed by atoms with Gasteiger partial charge in [0, 0.05) is 20.3 Å². The number of halogens is 2. The molecule has 1 aliphatic rings. The fourth-order valence-corrected chi connectivity index (χ4v) is 3.78. The molecule has 0 radical (unpaired) electrons. The summed E-state index contributed by atoms with van der Waals surface area (Å²) < 4.78 is 2.30. The van der Waals surface area contributed by atoms with Crippen LogP contribution in [-0.4, -0.2) is 17.5 Å². The van der Waals surface area contributed by atoms with E-state index in [1.54, 1.807) is 11.8 Å². The van der Waals surface area contributed by atoms with Crippen molar-refractivity contribution in [1.29, 1.82) is 0 Å². The summed E-state index contributed by atoms with van der Waals surface area (Å²) in [6.45, 7) is 5.40. The number of aliphatic imine (C=N–C) groups is 1. The standard InChI is InChI=1S/C12H14BrIN2S/c1-12(2)6-15-11(17-7-12)16-10-4-3-8(14)5-9(10)13/h3-5H,6-7H2,1-2H3,(H,15,16). The summed E-state index contributed by atoms with van der Waals surface area (Å²) in [5, 5.41) is 4.40. The van der Waals surface area contributed by atoms with Crippen LogP contribution in [0, 0.1) is 8.99 Å². The molecule has 1 aromatic rings. The van der Waals surface area contributed by atoms with Gasteiger partial charge in [-0.3, -0.25) is 4.99 Å². The second-order valence-electron chi connectivity index (χ2n) is 4.82. The third-order valence-corrected chi connectivity index (χ3v) is 5.18. The average molecular weight is 425 g/mol. The van der Waals surface area contributed by atoms with Crippen LogP contribution < -0.4 is 5.32 Å². The molecular weight excluding hydrogens is 411 g/mol. The van der Waals surface area contributed by atoms with Crippen molar-refractivity contribution >= 4 is 61.1 Å². The van der Waals surface area contributed by atoms with Crippen LogP contribution in [0.1, 0.15) is 13.8 Å². The first-order chi connectivity index (χ1) is 7.96. The van der Waals surface area contributed by atoms with Gasteiger partial charge >= 0.3 is 0 Å². The number of nitrogens with one attached hydrogen (secondary N) is 1. The summed E-state index contributed by atoms with van der Waals surface area (Å²) >= 11 is 7.66. The molecule has 0 atom stereocenters. The molecule has 1 N–H and O–H groups in total. The quantitative estimate of drug-likeness (QED) is 0.666. The van der Waals surface area contributed by atoms with Crippen LogP contribution in [-0.2, 0) is 0 Å². The van der Waals surface area contributed by atoms with Crippen LogP contribution in [0.25, 0.3) is 0 Å². The molecule has 17 heavy (non-hydrogen) atoms. The lowest BCUT2D eigenvalue weighted by Crippen LogP contribution is -2.27. The number of nitrogens with zero attached hydrogens (tertiary/aromatic N) is 1. The molecule has 0 bridgehead atoms. The van der Waals surface area contributed by atoms with Gasteiger partial charge in [-0.1, -0.05) is 25.6 Å². The van der Waals surface area contributed by atoms with Gasteiger partial charge in [0.2, 0.25) is 0 Å². The van der Waals surface area contributed by atoms with E-state index in [1.165, 1.54) is 3.57 Å². The summed E-state index contributed by atoms with van der Waals surface area (Å²) in [4.78, 5) is 4.59. The van der Waals surface area contributed by atoms with Crippen molar-refractivity contribution < 1.29 is 0 Å². The highest BCUT2D eigenvalue weighted by Crippen LogP contribution is 2.30. The van der Waals surface area contributed by atoms with Crippen LogP contribution >= 0.6 is 50.3 Å². The molecule has 1 aromatic carbocycles. The lowest BCUT2D eigenvalue weighted by Gasteiger charge is -2.27. The zero-order chi connectivity index (χ0) is 12.5. The summed E-state index contributed by atoms with van der Waals surface area (Å²) in [7, 11) is 0. The number of benzene rings is 1. The molecule has 0 saturated carbocycles. The van der Waals surface area contributed by atoms with Crippen LogP contribution in [0.3, 0.4) is 0 Å². The van der Waals surface area contributed by atoms with Gasteiger partial charge in [-0.25, -0.2) is 0 Å². The van der Waals surface area contributed by atoms with Gasteiger partial charge in [-0.15, -0.1) is 0 Å². The van der Waals surface area contributed by atoms with Gasteiger partial charge in [0.1, 0.15) is 0 Å². The van der Waals surface area contributed by atoms with Gasteiger partial charge in [-0.2, -0.15) is 0 Å². The maximum atomic E-state index is 4.59. The minimum absolute atomic E-state index is 0.319. The monoisotopic (exact) mass is 424 g/mol. The van der Waals surface area contributed by atoms with Crippen LogP contribution in [0.4, 0.5) is 5.69 Å². The maximum absolute atomic E-state index is 4.59. The summed E-state index contributed by atoms with van der Waals surface area (Å²) in [6.07, 6.45) is 0. The van der Waals surface area contributed by atoms with Crippen molar-refractivity contribution in [3.8, 4) is 0 Å². The highest BCUT2D eigenvalue weighted by molar-refractivity contribution is 14.1. The van der Waals surface area contributed by atoms with E-state index in [-0.39, 0.29) is 0 Å². The first-order valence-electron chi connectivity index (χ1n) is 5.36. The molecule has 0 unspecified atom stereocenters. The van der Waals surface area contributed by atoms with Crippen LogP contribution in [0.15, 0.2) is 27.7 Å². The minimum atomic E-state index is 0.319. The van der Waals surface area contributed by atoms with E-state index in [0.29, 0.717) is 5.41 Å². The molecule has 2 rings (SSSR count). The molecule has 0 spiro atoms. The molecule has 0 fully saturated rings. The Labute approximate surface area is 128 Å². The summed E-state index contributed by atoms with van der Waals surface area (Å²) in [6, 6.07) is 6.27. The largest absolute Gasteiger partial charge is 0.334 e. The lowest BCUT2D eigenvalue weighted by molar-refractivity contribution is 0.438. The Morgan fingerprint density at radius 2 is 2.24 bits per heavy atom. The van der Waals surface area contributed by atoms with Crippen molar-refractivity contribution in [3.05, 3.63) is 26.2 Å². The maximum Gasteiger partial charge on any atom is 0.161 e. The van der Waals surface area contributed by atoms with E-state index in [4.69, 9.17) is 0 Å². The predicted molar refractivity (Wildman–Crippen MR) is 89.0 cm³/mol. The molecule has 0 aromatic heterocycles. The van der Waals surface area contributed by atoms with Gasteiger partial charge in [0.15, 0.2) is 5.17 Å². The Balaban J connectivity index is 2.09. The van der Waals surface area contributed by atoms with Crippen molar-refractivity contribution in [2.24, 2.45) is 10.4 Å². The number of amidine groups is 1. The molecule has 1 aliphatic heterocycles. The Bertz CT molecular complexity index is 460. The highest BCUT2D eigenvalue weighted by Gasteiger charge is 2.23. The Morgan fingerprint density at radius 3 is 2.82 bits per heavy atom. The molecule has 0 aliphatic carbocycles. The fourth-order valence-electron chi connectivity index (χ4n) is 1.42. The van der Waals surface area contributed by atoms with Gasteiger partial charge < -0.3 is 5.32 Å². The normalized spacial score (nSPS) is 18.7. The smallest absolute Gasteiger partial charge is 0.161 e. The van der Waals surface area contributed by atoms with E-state index < -0.39 is 0 Å². The predicted octanol–water partition coefficient (Wildman–Crippen LogP) is 4.59. The third-order valence-electron chi connectivity index (χ3n) is 2.42. The zero-order valence-electron chi connectivity index (χ0n) is 9.76. The Morgan fingerprint density at radius 1 is 1.47 bits per heavy atom. The fraction of sp³-hybridized carbons (Fsp3) is 0.417. The molecular formula is C12H14BrIN2S. The lowest BCUT2D eigenvalue weighted by atomic mass is 9.97. The Hall–Kier alpha value is 0.250. The van der Waals surface area contributed by atoms with E-state index in [9.17, 15) is 0 Å². The average Bonchev–Trinajstić information content (AvgIpc) is 2.25. The van der Waals surface area contributed by atoms with Crippen LogP contribution in [0.2, 0.25) is 0 Å². The molecule has 2 nitrogen and oxygen atoms in total. The highest BCUT2D eigenvalue weighted by atomic mass is 127. The summed E-state index contributed by atoms with van der Waals surface area (Å²) in [5.74, 6) is 1.11. The van der Waals surface area contributed by atoms with Crippen molar-refractivity contribution in [1.82, 2.24) is 0 Å². The minimum Gasteiger partial charge on any atom is -0.334 e. The Kier molecular flexibility index (Phi) is 4.41. The van der Waals surface area contributed by atoms with Gasteiger partial charge in [0.05, 0.1) is 5.69 Å². The molecule has 92 valence electrons. The van der Waals surface area contributed by atoms with E-state index in [0.717, 1.165) is 27.6 Å².